The van der Waals surface area contributed by atoms with Crippen molar-refractivity contribution >= 4 is 18.0 Å². The number of carbonyl (C=O) groups excluding carboxylic acids is 2. The second kappa shape index (κ2) is 8.15. The van der Waals surface area contributed by atoms with Crippen molar-refractivity contribution in [3.8, 4) is 0 Å². The molecular weight excluding hydrogens is 254 g/mol. The number of carbonyl (C=O) groups is 2. The molecule has 0 spiro atoms. The van der Waals surface area contributed by atoms with Gasteiger partial charge >= 0.3 is 5.97 Å². The van der Waals surface area contributed by atoms with Crippen LogP contribution < -0.4 is 5.32 Å². The zero-order valence-electron chi connectivity index (χ0n) is 12.2. The van der Waals surface area contributed by atoms with E-state index >= 15 is 0 Å². The predicted octanol–water partition coefficient (Wildman–Crippen LogP) is 2.79. The molecule has 20 heavy (non-hydrogen) atoms. The molecule has 1 atom stereocenters. The molecule has 0 fully saturated rings. The van der Waals surface area contributed by atoms with Gasteiger partial charge in [0, 0.05) is 12.1 Å². The molecule has 0 aliphatic rings. The highest BCUT2D eigenvalue weighted by Gasteiger charge is 2.04. The van der Waals surface area contributed by atoms with Crippen molar-refractivity contribution in [2.24, 2.45) is 0 Å². The molecule has 0 aliphatic carbocycles. The van der Waals surface area contributed by atoms with E-state index in [2.05, 4.69) is 17.0 Å². The predicted molar refractivity (Wildman–Crippen MR) is 79.3 cm³/mol. The summed E-state index contributed by atoms with van der Waals surface area (Å²) in [6.45, 7) is 4.07. The van der Waals surface area contributed by atoms with Crippen LogP contribution in [-0.2, 0) is 9.53 Å². The van der Waals surface area contributed by atoms with Gasteiger partial charge in [-0.2, -0.15) is 0 Å². The van der Waals surface area contributed by atoms with Crippen LogP contribution >= 0.6 is 0 Å². The smallest absolute Gasteiger partial charge is 0.337 e. The Morgan fingerprint density at radius 1 is 1.30 bits per heavy atom. The molecule has 0 heterocycles. The van der Waals surface area contributed by atoms with Crippen LogP contribution in [0.5, 0.6) is 0 Å². The molecule has 1 rings (SSSR count). The van der Waals surface area contributed by atoms with Crippen molar-refractivity contribution in [3.63, 3.8) is 0 Å². The Kier molecular flexibility index (Phi) is 6.50. The zero-order chi connectivity index (χ0) is 15.0. The van der Waals surface area contributed by atoms with E-state index in [0.717, 1.165) is 18.4 Å². The van der Waals surface area contributed by atoms with Gasteiger partial charge in [-0.25, -0.2) is 4.79 Å². The molecule has 1 N–H and O–H groups in total. The third-order valence-electron chi connectivity index (χ3n) is 2.87. The van der Waals surface area contributed by atoms with Gasteiger partial charge in [0.15, 0.2) is 0 Å². The molecule has 4 heteroatoms. The van der Waals surface area contributed by atoms with E-state index in [0.29, 0.717) is 5.56 Å². The van der Waals surface area contributed by atoms with Crippen LogP contribution in [-0.4, -0.2) is 25.0 Å². The van der Waals surface area contributed by atoms with E-state index in [9.17, 15) is 9.59 Å². The first-order valence-corrected chi connectivity index (χ1v) is 6.73. The van der Waals surface area contributed by atoms with Crippen molar-refractivity contribution < 1.29 is 14.3 Å². The topological polar surface area (TPSA) is 55.4 Å². The van der Waals surface area contributed by atoms with E-state index in [-0.39, 0.29) is 17.9 Å². The van der Waals surface area contributed by atoms with Crippen LogP contribution in [0, 0.1) is 0 Å². The van der Waals surface area contributed by atoms with E-state index < -0.39 is 0 Å². The van der Waals surface area contributed by atoms with E-state index in [1.54, 1.807) is 30.3 Å². The van der Waals surface area contributed by atoms with Crippen molar-refractivity contribution in [2.75, 3.05) is 7.11 Å². The number of benzene rings is 1. The molecule has 1 aromatic carbocycles. The molecule has 1 aromatic rings. The Morgan fingerprint density at radius 3 is 2.50 bits per heavy atom. The van der Waals surface area contributed by atoms with Gasteiger partial charge in [-0.05, 0) is 37.1 Å². The molecule has 0 radical (unpaired) electrons. The van der Waals surface area contributed by atoms with Crippen molar-refractivity contribution in [1.82, 2.24) is 5.32 Å². The number of ether oxygens (including phenoxy) is 1. The summed E-state index contributed by atoms with van der Waals surface area (Å²) in [7, 11) is 1.35. The summed E-state index contributed by atoms with van der Waals surface area (Å²) < 4.78 is 4.62. The molecule has 0 saturated heterocycles. The Bertz CT molecular complexity index is 477. The van der Waals surface area contributed by atoms with Crippen LogP contribution in [0.15, 0.2) is 30.3 Å². The number of rotatable bonds is 6. The van der Waals surface area contributed by atoms with Gasteiger partial charge in [0.2, 0.25) is 5.91 Å². The number of nitrogens with one attached hydrogen (secondary N) is 1. The maximum Gasteiger partial charge on any atom is 0.337 e. The second-order valence-corrected chi connectivity index (χ2v) is 4.65. The fraction of sp³-hybridized carbons (Fsp3) is 0.375. The minimum atomic E-state index is -0.369. The normalized spacial score (nSPS) is 12.2. The molecule has 0 saturated carbocycles. The maximum absolute atomic E-state index is 11.7. The number of hydrogen-bond acceptors (Lipinski definition) is 3. The minimum absolute atomic E-state index is 0.108. The Morgan fingerprint density at radius 2 is 1.95 bits per heavy atom. The molecule has 0 bridgehead atoms. The average molecular weight is 275 g/mol. The number of hydrogen-bond donors (Lipinski definition) is 1. The van der Waals surface area contributed by atoms with Gasteiger partial charge in [-0.15, -0.1) is 0 Å². The lowest BCUT2D eigenvalue weighted by molar-refractivity contribution is -0.117. The largest absolute Gasteiger partial charge is 0.465 e. The highest BCUT2D eigenvalue weighted by molar-refractivity contribution is 5.92. The Hall–Kier alpha value is -2.10. The number of methoxy groups -OCH3 is 1. The summed E-state index contributed by atoms with van der Waals surface area (Å²) in [5, 5.41) is 2.89. The fourth-order valence-electron chi connectivity index (χ4n) is 1.82. The Labute approximate surface area is 119 Å². The Balaban J connectivity index is 2.57. The summed E-state index contributed by atoms with van der Waals surface area (Å²) in [6, 6.07) is 7.06. The van der Waals surface area contributed by atoms with Gasteiger partial charge in [0.25, 0.3) is 0 Å². The van der Waals surface area contributed by atoms with Crippen LogP contribution in [0.4, 0.5) is 0 Å². The SMILES string of the molecule is CCC[C@H](C)NC(=O)/C=C/c1ccc(C(=O)OC)cc1. The highest BCUT2D eigenvalue weighted by Crippen LogP contribution is 2.07. The van der Waals surface area contributed by atoms with Crippen molar-refractivity contribution in [3.05, 3.63) is 41.5 Å². The van der Waals surface area contributed by atoms with E-state index in [1.807, 2.05) is 6.92 Å². The van der Waals surface area contributed by atoms with Gasteiger partial charge in [0.05, 0.1) is 12.7 Å². The zero-order valence-corrected chi connectivity index (χ0v) is 12.2. The van der Waals surface area contributed by atoms with Crippen molar-refractivity contribution in [1.29, 1.82) is 0 Å². The quantitative estimate of drug-likeness (QED) is 0.641. The summed E-state index contributed by atoms with van der Waals surface area (Å²) >= 11 is 0. The summed E-state index contributed by atoms with van der Waals surface area (Å²) in [6.07, 6.45) is 5.22. The first-order valence-electron chi connectivity index (χ1n) is 6.73. The van der Waals surface area contributed by atoms with Crippen LogP contribution in [0.2, 0.25) is 0 Å². The third-order valence-corrected chi connectivity index (χ3v) is 2.87. The first-order chi connectivity index (χ1) is 9.56. The molecule has 108 valence electrons. The monoisotopic (exact) mass is 275 g/mol. The second-order valence-electron chi connectivity index (χ2n) is 4.65. The standard InChI is InChI=1S/C16H21NO3/c1-4-5-12(2)17-15(18)11-8-13-6-9-14(10-7-13)16(19)20-3/h6-12H,4-5H2,1-3H3,(H,17,18)/b11-8+/t12-/m0/s1. The molecule has 0 unspecified atom stereocenters. The molecule has 4 nitrogen and oxygen atoms in total. The van der Waals surface area contributed by atoms with Crippen molar-refractivity contribution in [2.45, 2.75) is 32.7 Å². The fourth-order valence-corrected chi connectivity index (χ4v) is 1.82. The molecule has 1 amide bonds. The first kappa shape index (κ1) is 16.0. The lowest BCUT2D eigenvalue weighted by atomic mass is 10.1. The van der Waals surface area contributed by atoms with E-state index in [4.69, 9.17) is 0 Å². The lowest BCUT2D eigenvalue weighted by Crippen LogP contribution is -2.30. The number of esters is 1. The van der Waals surface area contributed by atoms with Gasteiger partial charge in [-0.3, -0.25) is 4.79 Å². The minimum Gasteiger partial charge on any atom is -0.465 e. The molecule has 0 aromatic heterocycles. The van der Waals surface area contributed by atoms with E-state index in [1.165, 1.54) is 13.2 Å². The molecule has 0 aliphatic heterocycles. The van der Waals surface area contributed by atoms with Gasteiger partial charge in [0.1, 0.15) is 0 Å². The summed E-state index contributed by atoms with van der Waals surface area (Å²) in [5.41, 5.74) is 1.35. The summed E-state index contributed by atoms with van der Waals surface area (Å²) in [5.74, 6) is -0.477. The maximum atomic E-state index is 11.7. The lowest BCUT2D eigenvalue weighted by Gasteiger charge is -2.10. The van der Waals surface area contributed by atoms with Crippen LogP contribution in [0.25, 0.3) is 6.08 Å². The van der Waals surface area contributed by atoms with Crippen LogP contribution in [0.1, 0.15) is 42.6 Å². The van der Waals surface area contributed by atoms with Gasteiger partial charge in [-0.1, -0.05) is 25.5 Å². The molecular formula is C16H21NO3. The van der Waals surface area contributed by atoms with Crippen LogP contribution in [0.3, 0.4) is 0 Å². The van der Waals surface area contributed by atoms with Gasteiger partial charge < -0.3 is 10.1 Å². The highest BCUT2D eigenvalue weighted by atomic mass is 16.5. The summed E-state index contributed by atoms with van der Waals surface area (Å²) in [4.78, 5) is 22.9. The average Bonchev–Trinajstić information content (AvgIpc) is 2.45. The number of amides is 1. The third kappa shape index (κ3) is 5.26.